The first-order chi connectivity index (χ1) is 7.67. The summed E-state index contributed by atoms with van der Waals surface area (Å²) in [4.78, 5) is 4.62. The number of rotatable bonds is 3. The zero-order valence-electron chi connectivity index (χ0n) is 10.00. The summed E-state index contributed by atoms with van der Waals surface area (Å²) in [6, 6.07) is 6.47. The number of hydrogen-bond donors (Lipinski definition) is 0. The van der Waals surface area contributed by atoms with Gasteiger partial charge in [-0.15, -0.1) is 11.6 Å². The molecule has 1 atom stereocenters. The van der Waals surface area contributed by atoms with Crippen LogP contribution in [-0.2, 0) is 13.0 Å². The largest absolute Gasteiger partial charge is 0.327 e. The molecular formula is C13H17ClN2. The molecule has 1 aromatic carbocycles. The van der Waals surface area contributed by atoms with E-state index in [4.69, 9.17) is 11.6 Å². The third kappa shape index (κ3) is 1.82. The molecule has 0 aliphatic rings. The van der Waals surface area contributed by atoms with Crippen molar-refractivity contribution in [2.24, 2.45) is 0 Å². The SMILES string of the molecule is CCc1ccc2c(c1)nc(C(C)Cl)n2CC. The van der Waals surface area contributed by atoms with Crippen LogP contribution >= 0.6 is 11.6 Å². The molecule has 0 aliphatic heterocycles. The van der Waals surface area contributed by atoms with E-state index in [2.05, 4.69) is 41.6 Å². The summed E-state index contributed by atoms with van der Waals surface area (Å²) in [5, 5.41) is -0.0440. The maximum Gasteiger partial charge on any atom is 0.127 e. The molecule has 1 aromatic heterocycles. The van der Waals surface area contributed by atoms with Crippen LogP contribution < -0.4 is 0 Å². The van der Waals surface area contributed by atoms with Gasteiger partial charge in [0.2, 0.25) is 0 Å². The Kier molecular flexibility index (Phi) is 3.20. The first-order valence-corrected chi connectivity index (χ1v) is 6.24. The number of fused-ring (bicyclic) bond motifs is 1. The monoisotopic (exact) mass is 236 g/mol. The van der Waals surface area contributed by atoms with Crippen molar-refractivity contribution in [3.63, 3.8) is 0 Å². The van der Waals surface area contributed by atoms with Gasteiger partial charge in [0.15, 0.2) is 0 Å². The van der Waals surface area contributed by atoms with Crippen LogP contribution in [0.5, 0.6) is 0 Å². The number of aromatic nitrogens is 2. The van der Waals surface area contributed by atoms with Crippen molar-refractivity contribution in [1.82, 2.24) is 9.55 Å². The third-order valence-electron chi connectivity index (χ3n) is 2.92. The fourth-order valence-electron chi connectivity index (χ4n) is 2.05. The van der Waals surface area contributed by atoms with Gasteiger partial charge in [0, 0.05) is 6.54 Å². The molecule has 0 amide bonds. The predicted molar refractivity (Wildman–Crippen MR) is 69.1 cm³/mol. The molecule has 0 bridgehead atoms. The molecule has 0 saturated heterocycles. The van der Waals surface area contributed by atoms with E-state index in [0.29, 0.717) is 0 Å². The number of hydrogen-bond acceptors (Lipinski definition) is 1. The summed E-state index contributed by atoms with van der Waals surface area (Å²) < 4.78 is 2.19. The number of alkyl halides is 1. The van der Waals surface area contributed by atoms with Crippen molar-refractivity contribution in [2.45, 2.75) is 39.1 Å². The lowest BCUT2D eigenvalue weighted by Crippen LogP contribution is -2.01. The van der Waals surface area contributed by atoms with Crippen molar-refractivity contribution in [3.05, 3.63) is 29.6 Å². The van der Waals surface area contributed by atoms with E-state index < -0.39 is 0 Å². The second-order valence-corrected chi connectivity index (χ2v) is 4.66. The van der Waals surface area contributed by atoms with Crippen LogP contribution in [0.3, 0.4) is 0 Å². The Bertz CT molecular complexity index is 500. The van der Waals surface area contributed by atoms with Crippen molar-refractivity contribution in [3.8, 4) is 0 Å². The predicted octanol–water partition coefficient (Wildman–Crippen LogP) is 3.92. The molecule has 0 spiro atoms. The quantitative estimate of drug-likeness (QED) is 0.739. The van der Waals surface area contributed by atoms with Crippen molar-refractivity contribution >= 4 is 22.6 Å². The minimum absolute atomic E-state index is 0.0440. The number of imidazole rings is 1. The molecule has 3 heteroatoms. The summed E-state index contributed by atoms with van der Waals surface area (Å²) in [6.45, 7) is 7.16. The van der Waals surface area contributed by atoms with Gasteiger partial charge in [0.25, 0.3) is 0 Å². The Morgan fingerprint density at radius 1 is 1.38 bits per heavy atom. The molecule has 16 heavy (non-hydrogen) atoms. The molecule has 0 N–H and O–H groups in total. The number of benzene rings is 1. The van der Waals surface area contributed by atoms with E-state index in [9.17, 15) is 0 Å². The van der Waals surface area contributed by atoms with Gasteiger partial charge >= 0.3 is 0 Å². The van der Waals surface area contributed by atoms with Gasteiger partial charge in [-0.25, -0.2) is 4.98 Å². The Morgan fingerprint density at radius 2 is 2.12 bits per heavy atom. The molecule has 1 unspecified atom stereocenters. The van der Waals surface area contributed by atoms with Gasteiger partial charge < -0.3 is 4.57 Å². The normalized spacial score (nSPS) is 13.2. The average molecular weight is 237 g/mol. The minimum atomic E-state index is -0.0440. The first kappa shape index (κ1) is 11.5. The summed E-state index contributed by atoms with van der Waals surface area (Å²) in [5.74, 6) is 0.965. The van der Waals surface area contributed by atoms with E-state index in [-0.39, 0.29) is 5.38 Å². The van der Waals surface area contributed by atoms with Crippen LogP contribution in [0.2, 0.25) is 0 Å². The molecular weight excluding hydrogens is 220 g/mol. The Labute approximate surface area is 101 Å². The van der Waals surface area contributed by atoms with E-state index >= 15 is 0 Å². The zero-order chi connectivity index (χ0) is 11.7. The summed E-state index contributed by atoms with van der Waals surface area (Å²) in [7, 11) is 0. The molecule has 86 valence electrons. The van der Waals surface area contributed by atoms with E-state index in [1.807, 2.05) is 6.92 Å². The van der Waals surface area contributed by atoms with Gasteiger partial charge in [-0.2, -0.15) is 0 Å². The lowest BCUT2D eigenvalue weighted by molar-refractivity contribution is 0.717. The molecule has 0 aliphatic carbocycles. The van der Waals surface area contributed by atoms with Crippen LogP contribution in [0.1, 0.15) is 37.5 Å². The topological polar surface area (TPSA) is 17.8 Å². The van der Waals surface area contributed by atoms with Gasteiger partial charge in [-0.3, -0.25) is 0 Å². The van der Waals surface area contributed by atoms with Crippen LogP contribution in [0.4, 0.5) is 0 Å². The van der Waals surface area contributed by atoms with Crippen molar-refractivity contribution in [2.75, 3.05) is 0 Å². The summed E-state index contributed by atoms with van der Waals surface area (Å²) in [6.07, 6.45) is 1.04. The molecule has 0 saturated carbocycles. The standard InChI is InChI=1S/C13H17ClN2/c1-4-10-6-7-12-11(8-10)15-13(9(3)14)16(12)5-2/h6-9H,4-5H2,1-3H3. The maximum absolute atomic E-state index is 6.15. The highest BCUT2D eigenvalue weighted by molar-refractivity contribution is 6.20. The first-order valence-electron chi connectivity index (χ1n) is 5.80. The summed E-state index contributed by atoms with van der Waals surface area (Å²) in [5.41, 5.74) is 3.56. The number of halogens is 1. The van der Waals surface area contributed by atoms with Gasteiger partial charge in [-0.05, 0) is 38.0 Å². The van der Waals surface area contributed by atoms with Gasteiger partial charge in [-0.1, -0.05) is 13.0 Å². The van der Waals surface area contributed by atoms with E-state index in [1.54, 1.807) is 0 Å². The fraction of sp³-hybridized carbons (Fsp3) is 0.462. The lowest BCUT2D eigenvalue weighted by Gasteiger charge is -2.06. The third-order valence-corrected chi connectivity index (χ3v) is 3.12. The van der Waals surface area contributed by atoms with Gasteiger partial charge in [0.05, 0.1) is 16.4 Å². The second-order valence-electron chi connectivity index (χ2n) is 4.01. The Hall–Kier alpha value is -1.02. The Balaban J connectivity index is 2.66. The minimum Gasteiger partial charge on any atom is -0.327 e. The highest BCUT2D eigenvalue weighted by atomic mass is 35.5. The molecule has 2 nitrogen and oxygen atoms in total. The number of nitrogens with zero attached hydrogens (tertiary/aromatic N) is 2. The second kappa shape index (κ2) is 4.46. The van der Waals surface area contributed by atoms with Crippen LogP contribution in [0.25, 0.3) is 11.0 Å². The van der Waals surface area contributed by atoms with E-state index in [0.717, 1.165) is 24.3 Å². The molecule has 0 fully saturated rings. The highest BCUT2D eigenvalue weighted by Gasteiger charge is 2.13. The average Bonchev–Trinajstić information content (AvgIpc) is 2.66. The molecule has 2 aromatic rings. The van der Waals surface area contributed by atoms with Crippen molar-refractivity contribution < 1.29 is 0 Å². The van der Waals surface area contributed by atoms with Crippen LogP contribution in [-0.4, -0.2) is 9.55 Å². The van der Waals surface area contributed by atoms with Crippen molar-refractivity contribution in [1.29, 1.82) is 0 Å². The molecule has 1 heterocycles. The Morgan fingerprint density at radius 3 is 2.69 bits per heavy atom. The van der Waals surface area contributed by atoms with E-state index in [1.165, 1.54) is 11.1 Å². The molecule has 0 radical (unpaired) electrons. The van der Waals surface area contributed by atoms with Gasteiger partial charge in [0.1, 0.15) is 5.82 Å². The lowest BCUT2D eigenvalue weighted by atomic mass is 10.1. The van der Waals surface area contributed by atoms with Crippen LogP contribution in [0, 0.1) is 0 Å². The van der Waals surface area contributed by atoms with Crippen LogP contribution in [0.15, 0.2) is 18.2 Å². The molecule has 2 rings (SSSR count). The number of aryl methyl sites for hydroxylation is 2. The zero-order valence-corrected chi connectivity index (χ0v) is 10.8. The highest BCUT2D eigenvalue weighted by Crippen LogP contribution is 2.25. The summed E-state index contributed by atoms with van der Waals surface area (Å²) >= 11 is 6.15. The fourth-order valence-corrected chi connectivity index (χ4v) is 2.22. The smallest absolute Gasteiger partial charge is 0.127 e. The maximum atomic E-state index is 6.15.